The van der Waals surface area contributed by atoms with Crippen molar-refractivity contribution in [3.05, 3.63) is 34.3 Å². The van der Waals surface area contributed by atoms with Gasteiger partial charge in [-0.1, -0.05) is 33.6 Å². The van der Waals surface area contributed by atoms with Crippen LogP contribution in [-0.2, 0) is 4.74 Å². The van der Waals surface area contributed by atoms with E-state index in [1.165, 1.54) is 5.56 Å². The van der Waals surface area contributed by atoms with Crippen molar-refractivity contribution >= 4 is 15.9 Å². The lowest BCUT2D eigenvalue weighted by Crippen LogP contribution is -2.45. The van der Waals surface area contributed by atoms with E-state index in [2.05, 4.69) is 54.2 Å². The Morgan fingerprint density at radius 3 is 2.44 bits per heavy atom. The van der Waals surface area contributed by atoms with Crippen LogP contribution in [0.15, 0.2) is 28.7 Å². The number of halogens is 1. The number of ether oxygens (including phenoxy) is 1. The van der Waals surface area contributed by atoms with Crippen molar-refractivity contribution in [1.82, 2.24) is 5.32 Å². The fourth-order valence-corrected chi connectivity index (χ4v) is 1.96. The smallest absolute Gasteiger partial charge is 0.0750 e. The van der Waals surface area contributed by atoms with Gasteiger partial charge >= 0.3 is 0 Å². The standard InChI is InChI=1S/C7H7Br.C6H13NO/c1-6-3-2-4-7(8)5-6;1-6(2)5-7-3-4-8-6/h2-5H,1H3;7H,3-5H2,1-2H3. The molecule has 1 aliphatic heterocycles. The zero-order valence-corrected chi connectivity index (χ0v) is 11.8. The molecule has 1 heterocycles. The molecule has 0 radical (unpaired) electrons. The third-order valence-corrected chi connectivity index (χ3v) is 2.80. The predicted octanol–water partition coefficient (Wildman–Crippen LogP) is 3.14. The Hall–Kier alpha value is -0.380. The van der Waals surface area contributed by atoms with E-state index in [1.54, 1.807) is 0 Å². The zero-order valence-electron chi connectivity index (χ0n) is 10.2. The van der Waals surface area contributed by atoms with Crippen molar-refractivity contribution in [3.8, 4) is 0 Å². The van der Waals surface area contributed by atoms with E-state index in [0.717, 1.165) is 24.2 Å². The van der Waals surface area contributed by atoms with Crippen LogP contribution in [0.4, 0.5) is 0 Å². The van der Waals surface area contributed by atoms with Crippen LogP contribution in [0, 0.1) is 6.92 Å². The molecule has 1 saturated heterocycles. The van der Waals surface area contributed by atoms with Gasteiger partial charge in [0.25, 0.3) is 0 Å². The average molecular weight is 286 g/mol. The molecule has 90 valence electrons. The molecule has 2 rings (SSSR count). The summed E-state index contributed by atoms with van der Waals surface area (Å²) < 4.78 is 6.55. The molecule has 0 aliphatic carbocycles. The number of aryl methyl sites for hydroxylation is 1. The van der Waals surface area contributed by atoms with Gasteiger partial charge in [-0.15, -0.1) is 0 Å². The Bertz CT molecular complexity index is 300. The van der Waals surface area contributed by atoms with Crippen LogP contribution in [0.25, 0.3) is 0 Å². The van der Waals surface area contributed by atoms with Gasteiger partial charge in [0, 0.05) is 17.6 Å². The highest BCUT2D eigenvalue weighted by molar-refractivity contribution is 9.10. The molecular formula is C13H20BrNO. The largest absolute Gasteiger partial charge is 0.373 e. The number of nitrogens with one attached hydrogen (secondary N) is 1. The van der Waals surface area contributed by atoms with Crippen LogP contribution in [0.5, 0.6) is 0 Å². The van der Waals surface area contributed by atoms with Crippen molar-refractivity contribution in [3.63, 3.8) is 0 Å². The van der Waals surface area contributed by atoms with Gasteiger partial charge < -0.3 is 10.1 Å². The lowest BCUT2D eigenvalue weighted by Gasteiger charge is -2.30. The van der Waals surface area contributed by atoms with E-state index >= 15 is 0 Å². The number of morpholine rings is 1. The number of benzene rings is 1. The molecule has 1 aromatic rings. The summed E-state index contributed by atoms with van der Waals surface area (Å²) in [6, 6.07) is 8.21. The van der Waals surface area contributed by atoms with Crippen LogP contribution < -0.4 is 5.32 Å². The minimum Gasteiger partial charge on any atom is -0.373 e. The molecule has 1 aliphatic rings. The van der Waals surface area contributed by atoms with Gasteiger partial charge in [-0.2, -0.15) is 0 Å². The van der Waals surface area contributed by atoms with Crippen molar-refractivity contribution in [2.45, 2.75) is 26.4 Å². The highest BCUT2D eigenvalue weighted by atomic mass is 79.9. The van der Waals surface area contributed by atoms with Gasteiger partial charge in [-0.05, 0) is 32.9 Å². The number of hydrogen-bond acceptors (Lipinski definition) is 2. The van der Waals surface area contributed by atoms with E-state index in [9.17, 15) is 0 Å². The van der Waals surface area contributed by atoms with Crippen LogP contribution in [0.2, 0.25) is 0 Å². The zero-order chi connectivity index (χ0) is 12.0. The van der Waals surface area contributed by atoms with Crippen molar-refractivity contribution in [2.75, 3.05) is 19.7 Å². The predicted molar refractivity (Wildman–Crippen MR) is 71.8 cm³/mol. The molecule has 0 amide bonds. The van der Waals surface area contributed by atoms with Crippen molar-refractivity contribution in [2.24, 2.45) is 0 Å². The highest BCUT2D eigenvalue weighted by Gasteiger charge is 2.20. The van der Waals surface area contributed by atoms with E-state index in [-0.39, 0.29) is 5.60 Å². The van der Waals surface area contributed by atoms with Crippen LogP contribution >= 0.6 is 15.9 Å². The summed E-state index contributed by atoms with van der Waals surface area (Å²) in [6.07, 6.45) is 0. The summed E-state index contributed by atoms with van der Waals surface area (Å²) >= 11 is 3.36. The third kappa shape index (κ3) is 5.64. The Morgan fingerprint density at radius 1 is 1.38 bits per heavy atom. The fraction of sp³-hybridized carbons (Fsp3) is 0.538. The van der Waals surface area contributed by atoms with E-state index in [1.807, 2.05) is 12.1 Å². The maximum absolute atomic E-state index is 5.40. The van der Waals surface area contributed by atoms with Crippen molar-refractivity contribution in [1.29, 1.82) is 0 Å². The summed E-state index contributed by atoms with van der Waals surface area (Å²) in [6.45, 7) is 9.10. The normalized spacial score (nSPS) is 18.5. The Morgan fingerprint density at radius 2 is 2.12 bits per heavy atom. The van der Waals surface area contributed by atoms with E-state index < -0.39 is 0 Å². The second kappa shape index (κ2) is 6.38. The first-order valence-corrected chi connectivity index (χ1v) is 6.36. The van der Waals surface area contributed by atoms with Crippen molar-refractivity contribution < 1.29 is 4.74 Å². The first-order chi connectivity index (χ1) is 7.49. The van der Waals surface area contributed by atoms with Gasteiger partial charge in [0.15, 0.2) is 0 Å². The van der Waals surface area contributed by atoms with Gasteiger partial charge in [-0.25, -0.2) is 0 Å². The maximum atomic E-state index is 5.40. The molecule has 0 aromatic heterocycles. The second-order valence-corrected chi connectivity index (χ2v) is 5.50. The minimum absolute atomic E-state index is 0.0677. The van der Waals surface area contributed by atoms with Gasteiger partial charge in [0.1, 0.15) is 0 Å². The Balaban J connectivity index is 0.000000160. The maximum Gasteiger partial charge on any atom is 0.0750 e. The Kier molecular flexibility index (Phi) is 5.46. The first-order valence-electron chi connectivity index (χ1n) is 5.56. The Labute approximate surface area is 107 Å². The van der Waals surface area contributed by atoms with E-state index in [4.69, 9.17) is 4.74 Å². The SMILES string of the molecule is CC1(C)CNCCO1.Cc1cccc(Br)c1. The molecule has 0 bridgehead atoms. The summed E-state index contributed by atoms with van der Waals surface area (Å²) in [5.74, 6) is 0. The lowest BCUT2D eigenvalue weighted by atomic mass is 10.1. The van der Waals surface area contributed by atoms with Gasteiger partial charge in [0.05, 0.1) is 12.2 Å². The van der Waals surface area contributed by atoms with Gasteiger partial charge in [-0.3, -0.25) is 0 Å². The van der Waals surface area contributed by atoms with Crippen LogP contribution in [-0.4, -0.2) is 25.3 Å². The molecule has 1 fully saturated rings. The molecule has 0 spiro atoms. The summed E-state index contributed by atoms with van der Waals surface area (Å²) in [4.78, 5) is 0. The molecular weight excluding hydrogens is 266 g/mol. The van der Waals surface area contributed by atoms with Gasteiger partial charge in [0.2, 0.25) is 0 Å². The van der Waals surface area contributed by atoms with Crippen LogP contribution in [0.1, 0.15) is 19.4 Å². The first kappa shape index (κ1) is 13.7. The second-order valence-electron chi connectivity index (χ2n) is 4.58. The average Bonchev–Trinajstić information content (AvgIpc) is 2.17. The quantitative estimate of drug-likeness (QED) is 0.791. The number of hydrogen-bond donors (Lipinski definition) is 1. The molecule has 1 aromatic carbocycles. The van der Waals surface area contributed by atoms with E-state index in [0.29, 0.717) is 0 Å². The highest BCUT2D eigenvalue weighted by Crippen LogP contribution is 2.10. The topological polar surface area (TPSA) is 21.3 Å². The third-order valence-electron chi connectivity index (χ3n) is 2.30. The summed E-state index contributed by atoms with van der Waals surface area (Å²) in [5, 5.41) is 3.25. The lowest BCUT2D eigenvalue weighted by molar-refractivity contribution is -0.0384. The number of rotatable bonds is 0. The molecule has 3 heteroatoms. The summed E-state index contributed by atoms with van der Waals surface area (Å²) in [5.41, 5.74) is 1.36. The summed E-state index contributed by atoms with van der Waals surface area (Å²) in [7, 11) is 0. The molecule has 1 N–H and O–H groups in total. The fourth-order valence-electron chi connectivity index (χ4n) is 1.45. The van der Waals surface area contributed by atoms with Crippen LogP contribution in [0.3, 0.4) is 0 Å². The monoisotopic (exact) mass is 285 g/mol. The molecule has 0 atom stereocenters. The molecule has 0 saturated carbocycles. The molecule has 16 heavy (non-hydrogen) atoms. The molecule has 0 unspecified atom stereocenters. The molecule has 2 nitrogen and oxygen atoms in total. The minimum atomic E-state index is 0.0677.